The number of methoxy groups -OCH3 is 1. The monoisotopic (exact) mass is 489 g/mol. The summed E-state index contributed by atoms with van der Waals surface area (Å²) in [6.45, 7) is 0.634. The van der Waals surface area contributed by atoms with E-state index in [4.69, 9.17) is 4.74 Å². The standard InChI is InChI=1S/C16H16BrN3O6S2/c1-26-13-3-2-11(20(22)23)10-12(13)16(21)18-6-8-19(9-7-18)28(24,25)15-5-4-14(17)27-15/h2-5,10H,6-9H2,1H3. The number of thiophene rings is 1. The summed E-state index contributed by atoms with van der Waals surface area (Å²) >= 11 is 4.38. The minimum atomic E-state index is -3.62. The van der Waals surface area contributed by atoms with Crippen LogP contribution >= 0.6 is 27.3 Å². The molecular formula is C16H16BrN3O6S2. The number of amides is 1. The predicted octanol–water partition coefficient (Wildman–Crippen LogP) is 2.57. The fourth-order valence-electron chi connectivity index (χ4n) is 2.84. The number of hydrogen-bond donors (Lipinski definition) is 0. The van der Waals surface area contributed by atoms with Gasteiger partial charge in [-0.15, -0.1) is 11.3 Å². The van der Waals surface area contributed by atoms with Crippen LogP contribution in [0.25, 0.3) is 0 Å². The lowest BCUT2D eigenvalue weighted by Gasteiger charge is -2.33. The van der Waals surface area contributed by atoms with Gasteiger partial charge in [0.05, 0.1) is 21.4 Å². The number of hydrogen-bond acceptors (Lipinski definition) is 7. The van der Waals surface area contributed by atoms with E-state index < -0.39 is 20.9 Å². The molecule has 1 aliphatic rings. The fraction of sp³-hybridized carbons (Fsp3) is 0.312. The number of carbonyl (C=O) groups excluding carboxylic acids is 1. The summed E-state index contributed by atoms with van der Waals surface area (Å²) in [6.07, 6.45) is 0. The van der Waals surface area contributed by atoms with Crippen molar-refractivity contribution in [2.45, 2.75) is 4.21 Å². The molecule has 0 aliphatic carbocycles. The van der Waals surface area contributed by atoms with Crippen LogP contribution < -0.4 is 4.74 Å². The van der Waals surface area contributed by atoms with Crippen molar-refractivity contribution in [1.82, 2.24) is 9.21 Å². The van der Waals surface area contributed by atoms with E-state index in [1.165, 1.54) is 40.6 Å². The molecular weight excluding hydrogens is 474 g/mol. The Morgan fingerprint density at radius 2 is 1.89 bits per heavy atom. The quantitative estimate of drug-likeness (QED) is 0.471. The van der Waals surface area contributed by atoms with Gasteiger partial charge in [-0.2, -0.15) is 4.31 Å². The maximum absolute atomic E-state index is 12.8. The number of nitrogens with zero attached hydrogens (tertiary/aromatic N) is 3. The Balaban J connectivity index is 1.76. The summed E-state index contributed by atoms with van der Waals surface area (Å²) in [4.78, 5) is 24.7. The molecule has 0 radical (unpaired) electrons. The summed E-state index contributed by atoms with van der Waals surface area (Å²) in [5, 5.41) is 11.0. The number of ether oxygens (including phenoxy) is 1. The van der Waals surface area contributed by atoms with Gasteiger partial charge in [0, 0.05) is 38.3 Å². The molecule has 1 aromatic carbocycles. The second kappa shape index (κ2) is 8.15. The zero-order chi connectivity index (χ0) is 20.5. The van der Waals surface area contributed by atoms with Crippen molar-refractivity contribution in [2.75, 3.05) is 33.3 Å². The molecule has 0 bridgehead atoms. The topological polar surface area (TPSA) is 110 Å². The molecule has 12 heteroatoms. The van der Waals surface area contributed by atoms with Gasteiger partial charge < -0.3 is 9.64 Å². The second-order valence-corrected chi connectivity index (χ2v) is 10.5. The van der Waals surface area contributed by atoms with E-state index in [0.717, 1.165) is 15.1 Å². The van der Waals surface area contributed by atoms with E-state index in [2.05, 4.69) is 15.9 Å². The summed E-state index contributed by atoms with van der Waals surface area (Å²) < 4.78 is 32.8. The maximum Gasteiger partial charge on any atom is 0.270 e. The smallest absolute Gasteiger partial charge is 0.270 e. The lowest BCUT2D eigenvalue weighted by atomic mass is 10.1. The fourth-order valence-corrected chi connectivity index (χ4v) is 6.43. The van der Waals surface area contributed by atoms with Crippen molar-refractivity contribution >= 4 is 48.9 Å². The molecule has 9 nitrogen and oxygen atoms in total. The molecule has 0 saturated carbocycles. The highest BCUT2D eigenvalue weighted by Gasteiger charge is 2.32. The highest BCUT2D eigenvalue weighted by Crippen LogP contribution is 2.30. The molecule has 1 aliphatic heterocycles. The molecule has 0 spiro atoms. The molecule has 1 amide bonds. The zero-order valence-electron chi connectivity index (χ0n) is 14.7. The molecule has 0 unspecified atom stereocenters. The molecule has 3 rings (SSSR count). The van der Waals surface area contributed by atoms with Crippen molar-refractivity contribution in [3.63, 3.8) is 0 Å². The Labute approximate surface area is 173 Å². The average Bonchev–Trinajstić information content (AvgIpc) is 3.14. The normalized spacial score (nSPS) is 15.4. The Hall–Kier alpha value is -2.02. The molecule has 150 valence electrons. The second-order valence-electron chi connectivity index (χ2n) is 5.90. The minimum Gasteiger partial charge on any atom is -0.496 e. The van der Waals surface area contributed by atoms with Gasteiger partial charge in [0.15, 0.2) is 0 Å². The van der Waals surface area contributed by atoms with Gasteiger partial charge in [-0.25, -0.2) is 8.42 Å². The van der Waals surface area contributed by atoms with Crippen LogP contribution in [0.4, 0.5) is 5.69 Å². The van der Waals surface area contributed by atoms with Gasteiger partial charge in [-0.3, -0.25) is 14.9 Å². The van der Waals surface area contributed by atoms with Crippen molar-refractivity contribution in [3.05, 3.63) is 49.8 Å². The molecule has 1 fully saturated rings. The third-order valence-corrected chi connectivity index (χ3v) is 8.28. The third kappa shape index (κ3) is 4.04. The van der Waals surface area contributed by atoms with Crippen LogP contribution in [-0.2, 0) is 10.0 Å². The minimum absolute atomic E-state index is 0.0789. The number of halogens is 1. The molecule has 2 aromatic rings. The number of benzene rings is 1. The first kappa shape index (κ1) is 20.7. The average molecular weight is 490 g/mol. The van der Waals surface area contributed by atoms with Gasteiger partial charge in [0.25, 0.3) is 21.6 Å². The molecule has 2 heterocycles. The summed E-state index contributed by atoms with van der Waals surface area (Å²) in [7, 11) is -2.24. The van der Waals surface area contributed by atoms with E-state index in [1.807, 2.05) is 0 Å². The van der Waals surface area contributed by atoms with Crippen molar-refractivity contribution < 1.29 is 22.9 Å². The van der Waals surface area contributed by atoms with Crippen LogP contribution in [0.2, 0.25) is 0 Å². The zero-order valence-corrected chi connectivity index (χ0v) is 17.9. The molecule has 1 saturated heterocycles. The molecule has 28 heavy (non-hydrogen) atoms. The Morgan fingerprint density at radius 3 is 2.43 bits per heavy atom. The number of sulfonamides is 1. The third-order valence-electron chi connectivity index (χ3n) is 4.29. The van der Waals surface area contributed by atoms with E-state index in [9.17, 15) is 23.3 Å². The summed E-state index contributed by atoms with van der Waals surface area (Å²) in [6, 6.07) is 7.02. The van der Waals surface area contributed by atoms with E-state index >= 15 is 0 Å². The largest absolute Gasteiger partial charge is 0.496 e. The molecule has 1 aromatic heterocycles. The van der Waals surface area contributed by atoms with E-state index in [-0.39, 0.29) is 47.4 Å². The lowest BCUT2D eigenvalue weighted by molar-refractivity contribution is -0.384. The summed E-state index contributed by atoms with van der Waals surface area (Å²) in [5.41, 5.74) is -0.135. The Morgan fingerprint density at radius 1 is 1.21 bits per heavy atom. The lowest BCUT2D eigenvalue weighted by Crippen LogP contribution is -2.50. The van der Waals surface area contributed by atoms with Crippen LogP contribution in [0.1, 0.15) is 10.4 Å². The van der Waals surface area contributed by atoms with Crippen molar-refractivity contribution in [3.8, 4) is 5.75 Å². The predicted molar refractivity (Wildman–Crippen MR) is 106 cm³/mol. The van der Waals surface area contributed by atoms with Crippen molar-refractivity contribution in [2.24, 2.45) is 0 Å². The van der Waals surface area contributed by atoms with E-state index in [0.29, 0.717) is 0 Å². The van der Waals surface area contributed by atoms with Crippen LogP contribution in [0.3, 0.4) is 0 Å². The van der Waals surface area contributed by atoms with Crippen LogP contribution in [0.15, 0.2) is 38.3 Å². The van der Waals surface area contributed by atoms with Gasteiger partial charge in [0.1, 0.15) is 9.96 Å². The number of rotatable bonds is 5. The Bertz CT molecular complexity index is 1020. The van der Waals surface area contributed by atoms with E-state index in [1.54, 1.807) is 6.07 Å². The number of carbonyl (C=O) groups is 1. The maximum atomic E-state index is 12.8. The van der Waals surface area contributed by atoms with Gasteiger partial charge >= 0.3 is 0 Å². The number of nitro groups is 1. The van der Waals surface area contributed by atoms with Crippen LogP contribution in [-0.4, -0.2) is 61.7 Å². The van der Waals surface area contributed by atoms with Crippen molar-refractivity contribution in [1.29, 1.82) is 0 Å². The highest BCUT2D eigenvalue weighted by molar-refractivity contribution is 9.11. The molecule has 0 N–H and O–H groups in total. The SMILES string of the molecule is COc1ccc([N+](=O)[O-])cc1C(=O)N1CCN(S(=O)(=O)c2ccc(Br)s2)CC1. The first-order valence-corrected chi connectivity index (χ1v) is 11.2. The summed E-state index contributed by atoms with van der Waals surface area (Å²) in [5.74, 6) is -0.203. The number of piperazine rings is 1. The van der Waals surface area contributed by atoms with Gasteiger partial charge in [-0.1, -0.05) is 0 Å². The number of nitro benzene ring substituents is 1. The van der Waals surface area contributed by atoms with Gasteiger partial charge in [0.2, 0.25) is 0 Å². The van der Waals surface area contributed by atoms with Crippen LogP contribution in [0, 0.1) is 10.1 Å². The highest BCUT2D eigenvalue weighted by atomic mass is 79.9. The van der Waals surface area contributed by atoms with Crippen LogP contribution in [0.5, 0.6) is 5.75 Å². The Kier molecular flexibility index (Phi) is 6.03. The van der Waals surface area contributed by atoms with Gasteiger partial charge in [-0.05, 0) is 34.1 Å². The number of non-ortho nitro benzene ring substituents is 1. The first-order chi connectivity index (χ1) is 13.2. The molecule has 0 atom stereocenters. The first-order valence-electron chi connectivity index (χ1n) is 8.11.